The van der Waals surface area contributed by atoms with E-state index in [-0.39, 0.29) is 18.1 Å². The van der Waals surface area contributed by atoms with E-state index in [1.54, 1.807) is 4.90 Å². The van der Waals surface area contributed by atoms with Crippen LogP contribution in [0.3, 0.4) is 0 Å². The predicted octanol–water partition coefficient (Wildman–Crippen LogP) is 2.35. The van der Waals surface area contributed by atoms with Crippen molar-refractivity contribution in [2.45, 2.75) is 25.6 Å². The smallest absolute Gasteiger partial charge is 0.410 e. The molecule has 1 aromatic rings. The first-order chi connectivity index (χ1) is 10.2. The number of piperidine rings is 1. The highest BCUT2D eigenvalue weighted by Gasteiger charge is 2.47. The Morgan fingerprint density at radius 2 is 2.19 bits per heavy atom. The Kier molecular flexibility index (Phi) is 4.10. The number of hydrogen-bond donors (Lipinski definition) is 1. The molecule has 2 atom stereocenters. The number of amides is 1. The lowest BCUT2D eigenvalue weighted by molar-refractivity contribution is 0.0639. The van der Waals surface area contributed by atoms with Gasteiger partial charge in [-0.2, -0.15) is 0 Å². The van der Waals surface area contributed by atoms with E-state index < -0.39 is 6.17 Å². The third kappa shape index (κ3) is 3.02. The maximum Gasteiger partial charge on any atom is 0.410 e. The second-order valence-electron chi connectivity index (χ2n) is 6.00. The largest absolute Gasteiger partial charge is 0.445 e. The minimum atomic E-state index is -0.877. The Labute approximate surface area is 124 Å². The molecule has 1 aromatic carbocycles. The van der Waals surface area contributed by atoms with Gasteiger partial charge in [-0.25, -0.2) is 9.18 Å². The molecule has 4 nitrogen and oxygen atoms in total. The lowest BCUT2D eigenvalue weighted by Gasteiger charge is -2.36. The third-order valence-corrected chi connectivity index (χ3v) is 4.64. The summed E-state index contributed by atoms with van der Waals surface area (Å²) in [6, 6.07) is 9.59. The Morgan fingerprint density at radius 1 is 1.38 bits per heavy atom. The molecule has 2 unspecified atom stereocenters. The highest BCUT2D eigenvalue weighted by atomic mass is 19.1. The Hall–Kier alpha value is -1.62. The summed E-state index contributed by atoms with van der Waals surface area (Å²) >= 11 is 0. The molecule has 2 aliphatic rings. The van der Waals surface area contributed by atoms with Gasteiger partial charge in [0.15, 0.2) is 0 Å². The second kappa shape index (κ2) is 6.02. The average molecular weight is 292 g/mol. The normalized spacial score (nSPS) is 28.8. The van der Waals surface area contributed by atoms with E-state index in [0.717, 1.165) is 24.9 Å². The number of ether oxygens (including phenoxy) is 1. The average Bonchev–Trinajstić information content (AvgIpc) is 2.94. The number of halogens is 1. The monoisotopic (exact) mass is 292 g/mol. The van der Waals surface area contributed by atoms with Gasteiger partial charge in [-0.15, -0.1) is 0 Å². The van der Waals surface area contributed by atoms with E-state index in [9.17, 15) is 9.18 Å². The van der Waals surface area contributed by atoms with Crippen LogP contribution in [-0.4, -0.2) is 43.3 Å². The van der Waals surface area contributed by atoms with Gasteiger partial charge < -0.3 is 15.0 Å². The zero-order valence-electron chi connectivity index (χ0n) is 12.1. The van der Waals surface area contributed by atoms with Gasteiger partial charge in [0.05, 0.1) is 0 Å². The molecule has 0 saturated carbocycles. The SMILES string of the molecule is O=C(OCc1ccccc1)N1CCC2(CCNCC2F)C1. The van der Waals surface area contributed by atoms with Crippen molar-refractivity contribution in [3.63, 3.8) is 0 Å². The first-order valence-electron chi connectivity index (χ1n) is 7.50. The third-order valence-electron chi connectivity index (χ3n) is 4.64. The van der Waals surface area contributed by atoms with Crippen molar-refractivity contribution in [3.05, 3.63) is 35.9 Å². The van der Waals surface area contributed by atoms with Crippen LogP contribution >= 0.6 is 0 Å². The van der Waals surface area contributed by atoms with Gasteiger partial charge in [-0.05, 0) is 24.9 Å². The number of benzene rings is 1. The molecule has 2 heterocycles. The van der Waals surface area contributed by atoms with E-state index in [1.807, 2.05) is 30.3 Å². The van der Waals surface area contributed by atoms with Gasteiger partial charge in [0.2, 0.25) is 0 Å². The van der Waals surface area contributed by atoms with Crippen LogP contribution in [0.15, 0.2) is 30.3 Å². The minimum absolute atomic E-state index is 0.268. The number of hydrogen-bond acceptors (Lipinski definition) is 3. The highest BCUT2D eigenvalue weighted by molar-refractivity contribution is 5.68. The molecule has 0 aliphatic carbocycles. The highest BCUT2D eigenvalue weighted by Crippen LogP contribution is 2.40. The standard InChI is InChI=1S/C16H21FN2O2/c17-14-10-18-8-6-16(14)7-9-19(12-16)15(20)21-11-13-4-2-1-3-5-13/h1-5,14,18H,6-12H2. The van der Waals surface area contributed by atoms with Gasteiger partial charge in [-0.3, -0.25) is 0 Å². The van der Waals surface area contributed by atoms with Crippen LogP contribution in [0, 0.1) is 5.41 Å². The molecule has 3 rings (SSSR count). The maximum absolute atomic E-state index is 14.2. The van der Waals surface area contributed by atoms with Gasteiger partial charge in [-0.1, -0.05) is 30.3 Å². The van der Waals surface area contributed by atoms with Crippen LogP contribution in [0.2, 0.25) is 0 Å². The van der Waals surface area contributed by atoms with E-state index in [1.165, 1.54) is 0 Å². The molecule has 0 radical (unpaired) electrons. The summed E-state index contributed by atoms with van der Waals surface area (Å²) in [5.74, 6) is 0. The van der Waals surface area contributed by atoms with E-state index in [4.69, 9.17) is 4.74 Å². The van der Waals surface area contributed by atoms with Crippen LogP contribution in [-0.2, 0) is 11.3 Å². The number of nitrogens with zero attached hydrogens (tertiary/aromatic N) is 1. The number of rotatable bonds is 2. The Bertz CT molecular complexity index is 496. The fourth-order valence-corrected chi connectivity index (χ4v) is 3.26. The summed E-state index contributed by atoms with van der Waals surface area (Å²) in [7, 11) is 0. The van der Waals surface area contributed by atoms with Crippen molar-refractivity contribution in [1.82, 2.24) is 10.2 Å². The summed E-state index contributed by atoms with van der Waals surface area (Å²) in [4.78, 5) is 13.8. The van der Waals surface area contributed by atoms with E-state index in [0.29, 0.717) is 19.6 Å². The number of alkyl halides is 1. The topological polar surface area (TPSA) is 41.6 Å². The first kappa shape index (κ1) is 14.3. The van der Waals surface area contributed by atoms with Gasteiger partial charge in [0.1, 0.15) is 12.8 Å². The number of carbonyl (C=O) groups excluding carboxylic acids is 1. The summed E-state index contributed by atoms with van der Waals surface area (Å²) in [6.07, 6.45) is 0.312. The molecule has 0 aromatic heterocycles. The van der Waals surface area contributed by atoms with Crippen LogP contribution in [0.25, 0.3) is 0 Å². The summed E-state index contributed by atoms with van der Waals surface area (Å²) < 4.78 is 19.5. The summed E-state index contributed by atoms with van der Waals surface area (Å²) in [5, 5.41) is 3.07. The van der Waals surface area contributed by atoms with Crippen molar-refractivity contribution in [2.75, 3.05) is 26.2 Å². The fraction of sp³-hybridized carbons (Fsp3) is 0.562. The van der Waals surface area contributed by atoms with Crippen LogP contribution in [0.1, 0.15) is 18.4 Å². The molecule has 2 aliphatic heterocycles. The van der Waals surface area contributed by atoms with Gasteiger partial charge in [0.25, 0.3) is 0 Å². The maximum atomic E-state index is 14.2. The molecule has 1 spiro atoms. The van der Waals surface area contributed by atoms with Crippen LogP contribution in [0.4, 0.5) is 9.18 Å². The summed E-state index contributed by atoms with van der Waals surface area (Å²) in [5.41, 5.74) is 0.599. The Balaban J connectivity index is 1.55. The van der Waals surface area contributed by atoms with Crippen molar-refractivity contribution in [1.29, 1.82) is 0 Å². The van der Waals surface area contributed by atoms with Crippen LogP contribution in [0.5, 0.6) is 0 Å². The molecule has 114 valence electrons. The molecule has 2 saturated heterocycles. The van der Waals surface area contributed by atoms with Gasteiger partial charge >= 0.3 is 6.09 Å². The lowest BCUT2D eigenvalue weighted by Crippen LogP contribution is -2.48. The van der Waals surface area contributed by atoms with Gasteiger partial charge in [0, 0.05) is 25.0 Å². The lowest BCUT2D eigenvalue weighted by atomic mass is 9.77. The van der Waals surface area contributed by atoms with Crippen molar-refractivity contribution < 1.29 is 13.9 Å². The van der Waals surface area contributed by atoms with E-state index in [2.05, 4.69) is 5.32 Å². The molecular formula is C16H21FN2O2. The molecule has 0 bridgehead atoms. The van der Waals surface area contributed by atoms with Crippen LogP contribution < -0.4 is 5.32 Å². The van der Waals surface area contributed by atoms with Crippen molar-refractivity contribution >= 4 is 6.09 Å². The quantitative estimate of drug-likeness (QED) is 0.909. The Morgan fingerprint density at radius 3 is 2.95 bits per heavy atom. The number of likely N-dealkylation sites (tertiary alicyclic amines) is 1. The molecule has 5 heteroatoms. The molecule has 21 heavy (non-hydrogen) atoms. The van der Waals surface area contributed by atoms with Crippen molar-refractivity contribution in [3.8, 4) is 0 Å². The van der Waals surface area contributed by atoms with E-state index >= 15 is 0 Å². The predicted molar refractivity (Wildman–Crippen MR) is 77.6 cm³/mol. The number of carbonyl (C=O) groups is 1. The summed E-state index contributed by atoms with van der Waals surface area (Å²) in [6.45, 7) is 2.56. The first-order valence-corrected chi connectivity index (χ1v) is 7.50. The molecular weight excluding hydrogens is 271 g/mol. The zero-order valence-corrected chi connectivity index (χ0v) is 12.1. The van der Waals surface area contributed by atoms with Crippen molar-refractivity contribution in [2.24, 2.45) is 5.41 Å². The fourth-order valence-electron chi connectivity index (χ4n) is 3.26. The number of nitrogens with one attached hydrogen (secondary N) is 1. The second-order valence-corrected chi connectivity index (χ2v) is 6.00. The zero-order chi connectivity index (χ0) is 14.7. The molecule has 1 amide bonds. The minimum Gasteiger partial charge on any atom is -0.445 e. The molecule has 2 fully saturated rings. The molecule has 1 N–H and O–H groups in total.